The number of halogens is 6. The summed E-state index contributed by atoms with van der Waals surface area (Å²) >= 11 is 37.3. The van der Waals surface area contributed by atoms with Crippen molar-refractivity contribution in [3.8, 4) is 23.0 Å². The Morgan fingerprint density at radius 3 is 1.32 bits per heavy atom. The Hall–Kier alpha value is -4.32. The highest BCUT2D eigenvalue weighted by Crippen LogP contribution is 2.46. The zero-order chi connectivity index (χ0) is 56.5. The second-order valence-corrected chi connectivity index (χ2v) is 24.2. The molecule has 2 heterocycles. The Morgan fingerprint density at radius 1 is 0.662 bits per heavy atom. The molecule has 0 atom stereocenters. The fourth-order valence-electron chi connectivity index (χ4n) is 7.18. The smallest absolute Gasteiger partial charge is 0.424 e. The Morgan fingerprint density at radius 2 is 1.03 bits per heavy atom. The third-order valence-electron chi connectivity index (χ3n) is 11.0. The molecule has 0 aliphatic carbocycles. The Balaban J connectivity index is 0.000000387. The minimum atomic E-state index is -4.04. The van der Waals surface area contributed by atoms with E-state index in [1.165, 1.54) is 0 Å². The van der Waals surface area contributed by atoms with Gasteiger partial charge in [-0.05, 0) is 104 Å². The number of rotatable bonds is 24. The number of nitrogens with one attached hydrogen (secondary N) is 1. The summed E-state index contributed by atoms with van der Waals surface area (Å²) in [6, 6.07) is 21.7. The minimum Gasteiger partial charge on any atom is -0.490 e. The van der Waals surface area contributed by atoms with Gasteiger partial charge >= 0.3 is 6.09 Å². The van der Waals surface area contributed by atoms with Crippen molar-refractivity contribution in [2.24, 2.45) is 0 Å². The first-order chi connectivity index (χ1) is 35.7. The molecule has 0 saturated carbocycles. The predicted octanol–water partition coefficient (Wildman–Crippen LogP) is 9.61. The van der Waals surface area contributed by atoms with E-state index in [-0.39, 0.29) is 32.8 Å². The van der Waals surface area contributed by atoms with Gasteiger partial charge in [-0.15, -0.1) is 23.2 Å². The van der Waals surface area contributed by atoms with Crippen molar-refractivity contribution in [1.29, 1.82) is 0 Å². The van der Waals surface area contributed by atoms with Gasteiger partial charge in [-0.3, -0.25) is 14.4 Å². The fraction of sp³-hybridized carbons (Fsp3) is 0.451. The number of carbonyl (C=O) groups is 4. The number of alkyl halides is 2. The van der Waals surface area contributed by atoms with Crippen molar-refractivity contribution in [1.82, 2.24) is 9.03 Å². The zero-order valence-electron chi connectivity index (χ0n) is 42.0. The number of nitrogens with zero attached hydrogens (tertiary/aromatic N) is 1. The van der Waals surface area contributed by atoms with E-state index < -0.39 is 61.5 Å². The summed E-state index contributed by atoms with van der Waals surface area (Å²) in [5, 5.41) is 8.49. The molecule has 2 fully saturated rings. The maximum absolute atomic E-state index is 12.5. The van der Waals surface area contributed by atoms with Gasteiger partial charge in [0.2, 0.25) is 20.0 Å². The lowest BCUT2D eigenvalue weighted by atomic mass is 9.73. The highest BCUT2D eigenvalue weighted by Gasteiger charge is 2.44. The highest BCUT2D eigenvalue weighted by molar-refractivity contribution is 7.89. The predicted molar refractivity (Wildman–Crippen MR) is 298 cm³/mol. The summed E-state index contributed by atoms with van der Waals surface area (Å²) < 4.78 is 87.4. The van der Waals surface area contributed by atoms with Crippen LogP contribution in [-0.2, 0) is 59.5 Å². The van der Waals surface area contributed by atoms with Crippen molar-refractivity contribution in [3.63, 3.8) is 0 Å². The third kappa shape index (κ3) is 19.8. The van der Waals surface area contributed by atoms with E-state index >= 15 is 0 Å². The van der Waals surface area contributed by atoms with Crippen LogP contribution in [0.25, 0.3) is 0 Å². The zero-order valence-corrected chi connectivity index (χ0v) is 48.2. The second kappa shape index (κ2) is 30.3. The number of Topliss-reactive ketones (excluding diaryl/α,β-unsaturated/α-hetero) is 2. The van der Waals surface area contributed by atoms with E-state index in [0.717, 1.165) is 34.8 Å². The quantitative estimate of drug-likeness (QED) is 0.0377. The molecule has 0 radical (unpaired) electrons. The molecule has 6 rings (SSSR count). The number of benzene rings is 4. The molecule has 4 aromatic carbocycles. The first-order valence-corrected chi connectivity index (χ1v) is 29.3. The van der Waals surface area contributed by atoms with Crippen molar-refractivity contribution in [2.75, 3.05) is 90.2 Å². The van der Waals surface area contributed by atoms with Crippen LogP contribution < -0.4 is 23.7 Å². The van der Waals surface area contributed by atoms with Crippen LogP contribution in [0.2, 0.25) is 20.1 Å². The number of hydrogen-bond donors (Lipinski definition) is 2. The van der Waals surface area contributed by atoms with Gasteiger partial charge in [0.15, 0.2) is 23.1 Å². The van der Waals surface area contributed by atoms with Gasteiger partial charge in [0, 0.05) is 11.8 Å². The van der Waals surface area contributed by atoms with E-state index in [2.05, 4.69) is 4.72 Å². The van der Waals surface area contributed by atoms with Crippen LogP contribution >= 0.6 is 69.6 Å². The normalized spacial score (nSPS) is 14.2. The summed E-state index contributed by atoms with van der Waals surface area (Å²) in [5.74, 6) is 1.65. The monoisotopic (exact) mass is 1230 g/mol. The van der Waals surface area contributed by atoms with Crippen LogP contribution in [0.15, 0.2) is 72.8 Å². The molecule has 77 heavy (non-hydrogen) atoms. The highest BCUT2D eigenvalue weighted by atomic mass is 35.5. The molecule has 426 valence electrons. The van der Waals surface area contributed by atoms with E-state index in [0.29, 0.717) is 112 Å². The van der Waals surface area contributed by atoms with E-state index in [4.69, 9.17) is 113 Å². The van der Waals surface area contributed by atoms with Crippen LogP contribution in [0.3, 0.4) is 0 Å². The van der Waals surface area contributed by atoms with Crippen LogP contribution in [0.1, 0.15) is 63.3 Å². The van der Waals surface area contributed by atoms with Gasteiger partial charge < -0.3 is 38.3 Å². The minimum absolute atomic E-state index is 0. The van der Waals surface area contributed by atoms with Gasteiger partial charge in [-0.25, -0.2) is 26.4 Å². The average Bonchev–Trinajstić information content (AvgIpc) is 3.30. The van der Waals surface area contributed by atoms with Crippen molar-refractivity contribution >= 4 is 114 Å². The first-order valence-electron chi connectivity index (χ1n) is 23.0. The fourth-order valence-corrected chi connectivity index (χ4v) is 9.70. The van der Waals surface area contributed by atoms with E-state index in [9.17, 15) is 31.2 Å². The lowest BCUT2D eigenvalue weighted by Gasteiger charge is -2.42. The first kappa shape index (κ1) is 67.0. The van der Waals surface area contributed by atoms with Crippen molar-refractivity contribution in [2.45, 2.75) is 57.5 Å². The van der Waals surface area contributed by atoms with Gasteiger partial charge in [0.05, 0.1) is 89.6 Å². The summed E-state index contributed by atoms with van der Waals surface area (Å²) in [7, 11) is -7.47. The SMILES string of the molecule is C.CC(C)(C)OC(=O)N(CC(=O)COc1ccc(C2(c3cc(Cl)c(OCCCCl)c(Cl)c3)COC2)cc1)S(C)(=O)=O.CS(=O)(=O)NCC(=O)COc1ccc(C2(c3cc(Cl)c(OCCCCl)c(Cl)c3)COC2)cc1.O=CO. The molecule has 0 spiro atoms. The summed E-state index contributed by atoms with van der Waals surface area (Å²) in [6.07, 6.45) is 2.03. The summed E-state index contributed by atoms with van der Waals surface area (Å²) in [5.41, 5.74) is 1.84. The van der Waals surface area contributed by atoms with E-state index in [1.807, 2.05) is 48.5 Å². The molecule has 0 unspecified atom stereocenters. The van der Waals surface area contributed by atoms with Crippen molar-refractivity contribution in [3.05, 3.63) is 115 Å². The molecular weight excluding hydrogens is 1170 g/mol. The van der Waals surface area contributed by atoms with Crippen LogP contribution in [0.4, 0.5) is 4.79 Å². The Labute approximate surface area is 479 Å². The standard InChI is InChI=1S/C27H32Cl3NO8S.C22H24Cl3NO6S.CH2O2.CH4/c1-26(2,3)39-25(33)31(40(4,34)35)14-20(32)15-38-21-8-6-18(7-9-21)27(16-36-17-27)19-12-22(29)24(23(30)13-19)37-11-5-10-28;1-33(28,29)26-11-17(27)12-32-18-5-3-15(4-6-18)22(13-30-14-22)16-9-19(24)21(20(25)10-16)31-8-2-7-23;2-1-3;/h6-9,12-13H,5,10-11,14-17H2,1-4H3;3-6,9-10,26H,2,7-8,11-14H2,1H3;1H,(H,2,3);1H4. The molecule has 1 amide bonds. The molecular formula is C51H62Cl6N2O16S2. The molecule has 0 aromatic heterocycles. The van der Waals surface area contributed by atoms with Crippen molar-refractivity contribution < 1.29 is 74.3 Å². The molecule has 2 aliphatic rings. The van der Waals surface area contributed by atoms with Gasteiger partial charge in [0.25, 0.3) is 6.47 Å². The molecule has 2 aliphatic heterocycles. The molecule has 18 nitrogen and oxygen atoms in total. The average molecular weight is 1240 g/mol. The number of carbonyl (C=O) groups excluding carboxylic acids is 3. The molecule has 0 bridgehead atoms. The number of carboxylic acid groups (broad SMARTS) is 1. The molecule has 4 aromatic rings. The topological polar surface area (TPSA) is 237 Å². The maximum Gasteiger partial charge on any atom is 0.424 e. The van der Waals surface area contributed by atoms with Crippen LogP contribution in [0, 0.1) is 0 Å². The van der Waals surface area contributed by atoms with Gasteiger partial charge in [-0.2, -0.15) is 4.31 Å². The van der Waals surface area contributed by atoms with Gasteiger partial charge in [-0.1, -0.05) is 78.1 Å². The maximum atomic E-state index is 12.5. The van der Waals surface area contributed by atoms with Crippen LogP contribution in [-0.4, -0.2) is 146 Å². The van der Waals surface area contributed by atoms with Gasteiger partial charge in [0.1, 0.15) is 36.9 Å². The van der Waals surface area contributed by atoms with E-state index in [1.54, 1.807) is 45.0 Å². The lowest BCUT2D eigenvalue weighted by Crippen LogP contribution is -2.47. The number of hydrogen-bond acceptors (Lipinski definition) is 15. The molecule has 2 saturated heterocycles. The largest absolute Gasteiger partial charge is 0.490 e. The van der Waals surface area contributed by atoms with Crippen LogP contribution in [0.5, 0.6) is 23.0 Å². The number of ether oxygens (including phenoxy) is 7. The molecule has 2 N–H and O–H groups in total. The number of sulfonamides is 2. The summed E-state index contributed by atoms with van der Waals surface area (Å²) in [4.78, 5) is 45.0. The summed E-state index contributed by atoms with van der Waals surface area (Å²) in [6.45, 7) is 5.39. The second-order valence-electron chi connectivity index (χ2n) is 18.1. The Kier molecular flexibility index (Phi) is 26.4. The lowest BCUT2D eigenvalue weighted by molar-refractivity contribution is -0.123. The Bertz CT molecular complexity index is 2800. The third-order valence-corrected chi connectivity index (χ3v) is 14.4. The number of amides is 1. The number of ketones is 2. The molecule has 26 heteroatoms.